The monoisotopic (exact) mass is 736 g/mol. The van der Waals surface area contributed by atoms with Gasteiger partial charge in [0.1, 0.15) is 0 Å². The van der Waals surface area contributed by atoms with E-state index >= 15 is 0 Å². The van der Waals surface area contributed by atoms with Crippen molar-refractivity contribution in [3.8, 4) is 0 Å². The van der Waals surface area contributed by atoms with E-state index in [4.69, 9.17) is 14.6 Å². The van der Waals surface area contributed by atoms with Crippen molar-refractivity contribution in [2.45, 2.75) is 130 Å². The topological polar surface area (TPSA) is 170 Å². The highest BCUT2D eigenvalue weighted by Gasteiger charge is 2.42. The minimum absolute atomic E-state index is 0.00571. The maximum Gasteiger partial charge on any atom is 0.242 e. The van der Waals surface area contributed by atoms with Gasteiger partial charge in [0.2, 0.25) is 23.6 Å². The minimum atomic E-state index is -0.871. The van der Waals surface area contributed by atoms with Crippen LogP contribution in [0.2, 0.25) is 0 Å². The summed E-state index contributed by atoms with van der Waals surface area (Å²) in [6, 6.07) is 7.48. The Morgan fingerprint density at radius 2 is 1.56 bits per heavy atom. The van der Waals surface area contributed by atoms with E-state index in [1.165, 1.54) is 0 Å². The van der Waals surface area contributed by atoms with E-state index in [-0.39, 0.29) is 60.6 Å². The molecule has 0 radical (unpaired) electrons. The normalized spacial score (nSPS) is 19.0. The molecule has 0 spiro atoms. The van der Waals surface area contributed by atoms with Crippen LogP contribution in [0.5, 0.6) is 0 Å². The molecule has 1 heterocycles. The molecule has 1 fully saturated rings. The molecule has 52 heavy (non-hydrogen) atoms. The molecule has 9 atom stereocenters. The minimum Gasteiger partial charge on any atom is -0.394 e. The number of carbonyl (C=O) groups is 4. The van der Waals surface area contributed by atoms with Gasteiger partial charge in [-0.1, -0.05) is 71.4 Å². The van der Waals surface area contributed by atoms with E-state index in [9.17, 15) is 24.3 Å². The van der Waals surface area contributed by atoms with Crippen molar-refractivity contribution >= 4 is 23.6 Å². The second-order valence-electron chi connectivity index (χ2n) is 14.6. The highest BCUT2D eigenvalue weighted by molar-refractivity contribution is 5.87. The largest absolute Gasteiger partial charge is 0.394 e. The van der Waals surface area contributed by atoms with Crippen LogP contribution in [0.1, 0.15) is 92.7 Å². The molecule has 1 aromatic rings. The quantitative estimate of drug-likeness (QED) is 0.144. The van der Waals surface area contributed by atoms with E-state index in [1.54, 1.807) is 65.8 Å². The number of hydrogen-bond acceptors (Lipinski definition) is 9. The Labute approximate surface area is 312 Å². The fraction of sp³-hybridized carbons (Fsp3) is 0.744. The van der Waals surface area contributed by atoms with Gasteiger partial charge in [-0.3, -0.25) is 19.2 Å². The zero-order chi connectivity index (χ0) is 39.7. The Balaban J connectivity index is 0.00000320. The lowest BCUT2D eigenvalue weighted by atomic mass is 9.90. The molecule has 4 amide bonds. The zero-order valence-corrected chi connectivity index (χ0v) is 33.7. The fourth-order valence-electron chi connectivity index (χ4n) is 6.86. The number of nitrogens with zero attached hydrogens (tertiary/aromatic N) is 2. The maximum absolute atomic E-state index is 13.9. The molecule has 0 aliphatic carbocycles. The number of likely N-dealkylation sites (N-methyl/N-ethyl adjacent to an activating group) is 2. The Morgan fingerprint density at radius 1 is 0.962 bits per heavy atom. The van der Waals surface area contributed by atoms with Gasteiger partial charge in [-0.25, -0.2) is 0 Å². The van der Waals surface area contributed by atoms with Gasteiger partial charge in [0, 0.05) is 33.9 Å². The molecule has 5 N–H and O–H groups in total. The van der Waals surface area contributed by atoms with E-state index in [0.717, 1.165) is 12.8 Å². The molecule has 2 rings (SSSR count). The summed E-state index contributed by atoms with van der Waals surface area (Å²) >= 11 is 0. The van der Waals surface area contributed by atoms with Crippen LogP contribution in [-0.4, -0.2) is 128 Å². The number of nitrogens with one attached hydrogen (secondary N) is 3. The summed E-state index contributed by atoms with van der Waals surface area (Å²) in [6.07, 6.45) is 0.0354. The summed E-state index contributed by atoms with van der Waals surface area (Å²) in [5.74, 6) is -1.45. The smallest absolute Gasteiger partial charge is 0.242 e. The van der Waals surface area contributed by atoms with Gasteiger partial charge in [-0.05, 0) is 58.1 Å². The Kier molecular flexibility index (Phi) is 21.2. The second-order valence-corrected chi connectivity index (χ2v) is 14.6. The first kappa shape index (κ1) is 46.9. The van der Waals surface area contributed by atoms with Crippen LogP contribution < -0.4 is 16.0 Å². The van der Waals surface area contributed by atoms with E-state index < -0.39 is 42.4 Å². The van der Waals surface area contributed by atoms with Crippen molar-refractivity contribution in [1.29, 1.82) is 0 Å². The number of benzene rings is 1. The first-order valence-electron chi connectivity index (χ1n) is 18.7. The van der Waals surface area contributed by atoms with Crippen LogP contribution in [0, 0.1) is 17.8 Å². The average molecular weight is 736 g/mol. The lowest BCUT2D eigenvalue weighted by Gasteiger charge is -2.39. The van der Waals surface area contributed by atoms with Crippen molar-refractivity contribution in [3.63, 3.8) is 0 Å². The maximum atomic E-state index is 13.9. The van der Waals surface area contributed by atoms with Crippen molar-refractivity contribution < 1.29 is 38.9 Å². The summed E-state index contributed by atoms with van der Waals surface area (Å²) in [6.45, 7) is 15.3. The number of likely N-dealkylation sites (tertiary alicyclic amines) is 1. The number of rotatable bonds is 19. The van der Waals surface area contributed by atoms with E-state index in [2.05, 4.69) is 16.0 Å². The summed E-state index contributed by atoms with van der Waals surface area (Å²) < 4.78 is 11.8. The molecule has 1 aromatic carbocycles. The number of carbonyl (C=O) groups excluding carboxylic acids is 4. The number of hydrogen-bond donors (Lipinski definition) is 5. The molecule has 13 nitrogen and oxygen atoms in total. The molecule has 298 valence electrons. The van der Waals surface area contributed by atoms with Gasteiger partial charge in [-0.15, -0.1) is 0 Å². The number of methoxy groups -OCH3 is 2. The van der Waals surface area contributed by atoms with Crippen molar-refractivity contribution in [1.82, 2.24) is 25.8 Å². The third kappa shape index (κ3) is 14.0. The highest BCUT2D eigenvalue weighted by Crippen LogP contribution is 2.29. The standard InChI is InChI=1S/C36H61N5O7.C3H8O/c1-11-23(4)32(40(8)30(43)21-38-36(46)31(37-7)22(2)3)28(47-9)20-29(42)41-19-15-18-27(41)34(48-10)24(5)35(45)39-25(6)33(44)26-16-13-12-14-17-26;1-3(2)4/h12-14,16-17,22-25,27-28,31-34,37,44H,11,15,18-21H2,1-10H3,(H,38,46)(H,39,45);3-4H,1-2H3. The first-order valence-corrected chi connectivity index (χ1v) is 18.7. The van der Waals surface area contributed by atoms with Crippen molar-refractivity contribution in [2.75, 3.05) is 41.4 Å². The fourth-order valence-corrected chi connectivity index (χ4v) is 6.86. The summed E-state index contributed by atoms with van der Waals surface area (Å²) in [4.78, 5) is 56.7. The van der Waals surface area contributed by atoms with Gasteiger partial charge in [-0.2, -0.15) is 0 Å². The molecule has 9 unspecified atom stereocenters. The molecular weight excluding hydrogens is 666 g/mol. The lowest BCUT2D eigenvalue weighted by Crippen LogP contribution is -2.55. The van der Waals surface area contributed by atoms with Gasteiger partial charge < -0.3 is 45.4 Å². The molecule has 1 saturated heterocycles. The molecule has 0 aromatic heterocycles. The molecule has 0 bridgehead atoms. The highest BCUT2D eigenvalue weighted by atomic mass is 16.5. The zero-order valence-electron chi connectivity index (χ0n) is 33.7. The molecule has 1 aliphatic heterocycles. The van der Waals surface area contributed by atoms with Crippen LogP contribution in [0.15, 0.2) is 30.3 Å². The molecule has 1 aliphatic rings. The molecule has 13 heteroatoms. The van der Waals surface area contributed by atoms with Gasteiger partial charge in [0.05, 0.1) is 61.4 Å². The Bertz CT molecular complexity index is 1220. The third-order valence-electron chi connectivity index (χ3n) is 9.96. The van der Waals surface area contributed by atoms with E-state index in [0.29, 0.717) is 18.5 Å². The van der Waals surface area contributed by atoms with Gasteiger partial charge >= 0.3 is 0 Å². The van der Waals surface area contributed by atoms with Crippen LogP contribution >= 0.6 is 0 Å². The number of amides is 4. The summed E-state index contributed by atoms with van der Waals surface area (Å²) in [7, 11) is 6.50. The van der Waals surface area contributed by atoms with Crippen LogP contribution in [0.4, 0.5) is 0 Å². The van der Waals surface area contributed by atoms with E-state index in [1.807, 2.05) is 58.0 Å². The SMILES string of the molecule is CC(C)O.CCC(C)C(C(CC(=O)N1CCCC1C(OC)C(C)C(=O)NC(C)C(O)c1ccccc1)OC)N(C)C(=O)CNC(=O)C(NC)C(C)C. The predicted octanol–water partition coefficient (Wildman–Crippen LogP) is 2.89. The Morgan fingerprint density at radius 3 is 2.06 bits per heavy atom. The van der Waals surface area contributed by atoms with Crippen LogP contribution in [0.25, 0.3) is 0 Å². The summed E-state index contributed by atoms with van der Waals surface area (Å²) in [5, 5.41) is 27.5. The first-order chi connectivity index (χ1) is 24.5. The molecule has 0 saturated carbocycles. The number of aliphatic hydroxyl groups is 2. The van der Waals surface area contributed by atoms with Gasteiger partial charge in [0.25, 0.3) is 0 Å². The average Bonchev–Trinajstić information content (AvgIpc) is 3.59. The molecular formula is C39H69N5O8. The predicted molar refractivity (Wildman–Crippen MR) is 203 cm³/mol. The van der Waals surface area contributed by atoms with Crippen molar-refractivity contribution in [3.05, 3.63) is 35.9 Å². The second kappa shape index (κ2) is 23.5. The summed E-state index contributed by atoms with van der Waals surface area (Å²) in [5.41, 5.74) is 0.711. The number of aliphatic hydroxyl groups excluding tert-OH is 2. The lowest BCUT2D eigenvalue weighted by molar-refractivity contribution is -0.146. The van der Waals surface area contributed by atoms with Crippen LogP contribution in [0.3, 0.4) is 0 Å². The van der Waals surface area contributed by atoms with Crippen molar-refractivity contribution in [2.24, 2.45) is 17.8 Å². The Hall–Kier alpha value is -3.10. The van der Waals surface area contributed by atoms with Gasteiger partial charge in [0.15, 0.2) is 0 Å². The third-order valence-corrected chi connectivity index (χ3v) is 9.96. The van der Waals surface area contributed by atoms with Crippen LogP contribution in [-0.2, 0) is 28.7 Å². The number of ether oxygens (including phenoxy) is 2.